The third-order valence-corrected chi connectivity index (χ3v) is 6.83. The van der Waals surface area contributed by atoms with Gasteiger partial charge in [0.2, 0.25) is 5.91 Å². The van der Waals surface area contributed by atoms with Gasteiger partial charge in [0.05, 0.1) is 22.2 Å². The normalized spacial score (nSPS) is 13.1. The van der Waals surface area contributed by atoms with Crippen LogP contribution in [-0.4, -0.2) is 20.9 Å². The van der Waals surface area contributed by atoms with E-state index >= 15 is 0 Å². The summed E-state index contributed by atoms with van der Waals surface area (Å²) in [5, 5.41) is 11.6. The lowest BCUT2D eigenvalue weighted by Crippen LogP contribution is -2.29. The summed E-state index contributed by atoms with van der Waals surface area (Å²) in [4.78, 5) is 12.3. The first-order valence-electron chi connectivity index (χ1n) is 9.67. The molecule has 0 saturated heterocycles. The number of hydrogen-bond acceptors (Lipinski definition) is 4. The van der Waals surface area contributed by atoms with Crippen molar-refractivity contribution in [3.05, 3.63) is 95.6 Å². The fraction of sp³-hybridized carbons (Fsp3) is 0.0833. The number of carbonyl (C=O) groups excluding carboxylic acids is 1. The fourth-order valence-corrected chi connectivity index (χ4v) is 4.96. The highest BCUT2D eigenvalue weighted by atomic mass is 32.2. The zero-order chi connectivity index (χ0) is 21.8. The van der Waals surface area contributed by atoms with Crippen LogP contribution >= 0.6 is 0 Å². The zero-order valence-electron chi connectivity index (χ0n) is 16.5. The SMILES string of the molecule is N#Cc1cccc(NC(=O)C=Cc2ccc(S(=O)(=O)N3CCc4ccccc43)cc2)c1. The summed E-state index contributed by atoms with van der Waals surface area (Å²) in [6, 6.07) is 22.6. The first kappa shape index (κ1) is 20.4. The van der Waals surface area contributed by atoms with Crippen LogP contribution < -0.4 is 9.62 Å². The highest BCUT2D eigenvalue weighted by Crippen LogP contribution is 2.32. The lowest BCUT2D eigenvalue weighted by atomic mass is 10.2. The predicted octanol–water partition coefficient (Wildman–Crippen LogP) is 3.96. The average molecular weight is 430 g/mol. The van der Waals surface area contributed by atoms with Crippen molar-refractivity contribution in [3.63, 3.8) is 0 Å². The maximum Gasteiger partial charge on any atom is 0.264 e. The predicted molar refractivity (Wildman–Crippen MR) is 120 cm³/mol. The van der Waals surface area contributed by atoms with Gasteiger partial charge in [0.15, 0.2) is 0 Å². The van der Waals surface area contributed by atoms with E-state index in [0.717, 1.165) is 11.3 Å². The van der Waals surface area contributed by atoms with Crippen LogP contribution in [0.1, 0.15) is 16.7 Å². The molecule has 154 valence electrons. The molecular formula is C24H19N3O3S. The Kier molecular flexibility index (Phi) is 5.56. The molecule has 0 saturated carbocycles. The van der Waals surface area contributed by atoms with Crippen molar-refractivity contribution >= 4 is 33.4 Å². The lowest BCUT2D eigenvalue weighted by molar-refractivity contribution is -0.111. The second-order valence-corrected chi connectivity index (χ2v) is 8.90. The Morgan fingerprint density at radius 1 is 1.03 bits per heavy atom. The highest BCUT2D eigenvalue weighted by Gasteiger charge is 2.30. The molecule has 1 heterocycles. The minimum atomic E-state index is -3.64. The summed E-state index contributed by atoms with van der Waals surface area (Å²) in [5.41, 5.74) is 3.43. The number of anilines is 2. The molecule has 3 aromatic carbocycles. The van der Waals surface area contributed by atoms with E-state index in [4.69, 9.17) is 5.26 Å². The summed E-state index contributed by atoms with van der Waals surface area (Å²) in [7, 11) is -3.64. The minimum absolute atomic E-state index is 0.208. The molecule has 0 aromatic heterocycles. The number of nitriles is 1. The Morgan fingerprint density at radius 2 is 1.81 bits per heavy atom. The molecule has 3 aromatic rings. The number of carbonyl (C=O) groups is 1. The molecule has 31 heavy (non-hydrogen) atoms. The number of benzene rings is 3. The third kappa shape index (κ3) is 4.34. The Hall–Kier alpha value is -3.89. The van der Waals surface area contributed by atoms with E-state index in [0.29, 0.717) is 29.8 Å². The molecule has 1 aliphatic heterocycles. The Labute approximate surface area is 181 Å². The van der Waals surface area contributed by atoms with Crippen LogP contribution in [0.25, 0.3) is 6.08 Å². The van der Waals surface area contributed by atoms with Crippen molar-refractivity contribution in [2.45, 2.75) is 11.3 Å². The van der Waals surface area contributed by atoms with E-state index in [-0.39, 0.29) is 10.8 Å². The average Bonchev–Trinajstić information content (AvgIpc) is 3.23. The number of hydrogen-bond donors (Lipinski definition) is 1. The zero-order valence-corrected chi connectivity index (χ0v) is 17.3. The Bertz CT molecular complexity index is 1310. The van der Waals surface area contributed by atoms with Gasteiger partial charge in [-0.25, -0.2) is 8.42 Å². The van der Waals surface area contributed by atoms with Crippen molar-refractivity contribution in [1.29, 1.82) is 5.26 Å². The van der Waals surface area contributed by atoms with Gasteiger partial charge in [0, 0.05) is 18.3 Å². The largest absolute Gasteiger partial charge is 0.322 e. The summed E-state index contributed by atoms with van der Waals surface area (Å²) < 4.78 is 27.5. The molecule has 0 bridgehead atoms. The van der Waals surface area contributed by atoms with E-state index in [2.05, 4.69) is 5.32 Å². The van der Waals surface area contributed by atoms with Gasteiger partial charge in [0.1, 0.15) is 0 Å². The maximum absolute atomic E-state index is 13.1. The molecule has 4 rings (SSSR count). The summed E-state index contributed by atoms with van der Waals surface area (Å²) >= 11 is 0. The van der Waals surface area contributed by atoms with E-state index in [9.17, 15) is 13.2 Å². The molecule has 0 atom stereocenters. The first-order valence-corrected chi connectivity index (χ1v) is 11.1. The van der Waals surface area contributed by atoms with Crippen LogP contribution in [-0.2, 0) is 21.2 Å². The molecule has 1 amide bonds. The molecule has 1 aliphatic rings. The minimum Gasteiger partial charge on any atom is -0.322 e. The third-order valence-electron chi connectivity index (χ3n) is 5.00. The van der Waals surface area contributed by atoms with Gasteiger partial charge in [-0.2, -0.15) is 5.26 Å². The number of rotatable bonds is 5. The molecule has 0 fully saturated rings. The number of nitrogens with one attached hydrogen (secondary N) is 1. The van der Waals surface area contributed by atoms with Gasteiger partial charge in [-0.05, 0) is 60.0 Å². The highest BCUT2D eigenvalue weighted by molar-refractivity contribution is 7.92. The van der Waals surface area contributed by atoms with Crippen LogP contribution in [0.5, 0.6) is 0 Å². The van der Waals surface area contributed by atoms with Crippen LogP contribution in [0.2, 0.25) is 0 Å². The first-order chi connectivity index (χ1) is 15.0. The number of sulfonamides is 1. The monoisotopic (exact) mass is 429 g/mol. The second-order valence-electron chi connectivity index (χ2n) is 7.04. The topological polar surface area (TPSA) is 90.3 Å². The summed E-state index contributed by atoms with van der Waals surface area (Å²) in [6.07, 6.45) is 3.66. The molecule has 6 nitrogen and oxygen atoms in total. The van der Waals surface area contributed by atoms with Crippen molar-refractivity contribution in [2.24, 2.45) is 0 Å². The van der Waals surface area contributed by atoms with Gasteiger partial charge in [-0.15, -0.1) is 0 Å². The molecular weight excluding hydrogens is 410 g/mol. The Morgan fingerprint density at radius 3 is 2.58 bits per heavy atom. The molecule has 1 N–H and O–H groups in total. The van der Waals surface area contributed by atoms with Crippen molar-refractivity contribution in [1.82, 2.24) is 0 Å². The quantitative estimate of drug-likeness (QED) is 0.622. The van der Waals surface area contributed by atoms with E-state index < -0.39 is 10.0 Å². The maximum atomic E-state index is 13.1. The van der Waals surface area contributed by atoms with Crippen molar-refractivity contribution in [3.8, 4) is 6.07 Å². The molecule has 7 heteroatoms. The number of nitrogens with zero attached hydrogens (tertiary/aromatic N) is 2. The van der Waals surface area contributed by atoms with Crippen LogP contribution in [0.3, 0.4) is 0 Å². The van der Waals surface area contributed by atoms with Gasteiger partial charge in [-0.1, -0.05) is 36.4 Å². The van der Waals surface area contributed by atoms with E-state index in [1.807, 2.05) is 30.3 Å². The van der Waals surface area contributed by atoms with Gasteiger partial charge in [-0.3, -0.25) is 9.10 Å². The van der Waals surface area contributed by atoms with Crippen LogP contribution in [0.4, 0.5) is 11.4 Å². The van der Waals surface area contributed by atoms with E-state index in [1.54, 1.807) is 54.6 Å². The summed E-state index contributed by atoms with van der Waals surface area (Å²) in [5.74, 6) is -0.347. The molecule has 0 radical (unpaired) electrons. The van der Waals surface area contributed by atoms with Gasteiger partial charge in [0.25, 0.3) is 10.0 Å². The Balaban J connectivity index is 1.46. The van der Waals surface area contributed by atoms with Crippen molar-refractivity contribution in [2.75, 3.05) is 16.2 Å². The molecule has 0 aliphatic carbocycles. The fourth-order valence-electron chi connectivity index (χ4n) is 3.46. The number of amides is 1. The number of para-hydroxylation sites is 1. The van der Waals surface area contributed by atoms with Gasteiger partial charge < -0.3 is 5.32 Å². The van der Waals surface area contributed by atoms with Crippen molar-refractivity contribution < 1.29 is 13.2 Å². The second kappa shape index (κ2) is 8.46. The van der Waals surface area contributed by atoms with Crippen LogP contribution in [0.15, 0.2) is 83.8 Å². The molecule has 0 spiro atoms. The molecule has 0 unspecified atom stereocenters. The standard InChI is InChI=1S/C24H19N3O3S/c25-17-19-4-3-6-21(16-19)26-24(28)13-10-18-8-11-22(12-9-18)31(29,30)27-15-14-20-5-1-2-7-23(20)27/h1-13,16H,14-15H2,(H,26,28). The van der Waals surface area contributed by atoms with Gasteiger partial charge >= 0.3 is 0 Å². The smallest absolute Gasteiger partial charge is 0.264 e. The van der Waals surface area contributed by atoms with E-state index in [1.165, 1.54) is 10.4 Å². The van der Waals surface area contributed by atoms with Crippen LogP contribution in [0, 0.1) is 11.3 Å². The lowest BCUT2D eigenvalue weighted by Gasteiger charge is -2.19. The summed E-state index contributed by atoms with van der Waals surface area (Å²) in [6.45, 7) is 0.427. The number of fused-ring (bicyclic) bond motifs is 1.